The predicted octanol–water partition coefficient (Wildman–Crippen LogP) is 2.22. The molecule has 1 aliphatic heterocycles. The fourth-order valence-electron chi connectivity index (χ4n) is 3.22. The van der Waals surface area contributed by atoms with Crippen molar-refractivity contribution in [3.05, 3.63) is 36.7 Å². The van der Waals surface area contributed by atoms with E-state index in [4.69, 9.17) is 0 Å². The van der Waals surface area contributed by atoms with Gasteiger partial charge in [-0.15, -0.1) is 0 Å². The standard InChI is InChI=1S/C17H21N3O2/c21-16(19-13-7-9-18-10-8-13)14-5-1-2-6-15(14)17(22)20-11-3-4-12-20/h1-2,7-10,14-15H,3-6,11-12H2,(H,18,19,21). The molecule has 1 aromatic heterocycles. The van der Waals surface area contributed by atoms with Gasteiger partial charge in [-0.2, -0.15) is 0 Å². The fraction of sp³-hybridized carbons (Fsp3) is 0.471. The Morgan fingerprint density at radius 3 is 2.36 bits per heavy atom. The summed E-state index contributed by atoms with van der Waals surface area (Å²) in [6.07, 6.45) is 10.7. The Morgan fingerprint density at radius 2 is 1.68 bits per heavy atom. The topological polar surface area (TPSA) is 62.3 Å². The summed E-state index contributed by atoms with van der Waals surface area (Å²) in [5.41, 5.74) is 0.724. The second kappa shape index (κ2) is 6.73. The first kappa shape index (κ1) is 14.8. The summed E-state index contributed by atoms with van der Waals surface area (Å²) in [7, 11) is 0. The molecule has 1 aromatic rings. The number of amides is 2. The molecule has 5 nitrogen and oxygen atoms in total. The second-order valence-corrected chi connectivity index (χ2v) is 5.91. The Morgan fingerprint density at radius 1 is 1.05 bits per heavy atom. The Hall–Kier alpha value is -2.17. The van der Waals surface area contributed by atoms with Gasteiger partial charge >= 0.3 is 0 Å². The molecule has 2 unspecified atom stereocenters. The van der Waals surface area contributed by atoms with Crippen LogP contribution < -0.4 is 5.32 Å². The minimum atomic E-state index is -0.286. The number of pyridine rings is 1. The summed E-state index contributed by atoms with van der Waals surface area (Å²) in [6.45, 7) is 1.66. The lowest BCUT2D eigenvalue weighted by molar-refractivity contribution is -0.139. The molecule has 5 heteroatoms. The molecule has 0 spiro atoms. The highest BCUT2D eigenvalue weighted by Crippen LogP contribution is 2.29. The molecule has 1 fully saturated rings. The van der Waals surface area contributed by atoms with E-state index in [9.17, 15) is 9.59 Å². The number of allylic oxidation sites excluding steroid dienone is 2. The van der Waals surface area contributed by atoms with Crippen molar-refractivity contribution in [1.29, 1.82) is 0 Å². The van der Waals surface area contributed by atoms with Crippen LogP contribution in [0.3, 0.4) is 0 Å². The molecule has 0 saturated carbocycles. The van der Waals surface area contributed by atoms with Gasteiger partial charge in [-0.05, 0) is 37.8 Å². The van der Waals surface area contributed by atoms with E-state index in [1.807, 2.05) is 17.1 Å². The predicted molar refractivity (Wildman–Crippen MR) is 84.0 cm³/mol. The lowest BCUT2D eigenvalue weighted by Crippen LogP contribution is -2.42. The number of anilines is 1. The van der Waals surface area contributed by atoms with Gasteiger partial charge in [-0.1, -0.05) is 12.2 Å². The van der Waals surface area contributed by atoms with Crippen molar-refractivity contribution in [2.24, 2.45) is 11.8 Å². The van der Waals surface area contributed by atoms with Crippen LogP contribution in [0, 0.1) is 11.8 Å². The van der Waals surface area contributed by atoms with Crippen LogP contribution in [0.25, 0.3) is 0 Å². The third-order valence-corrected chi connectivity index (χ3v) is 4.45. The summed E-state index contributed by atoms with van der Waals surface area (Å²) in [6, 6.07) is 3.52. The Labute approximate surface area is 130 Å². The number of likely N-dealkylation sites (tertiary alicyclic amines) is 1. The Bertz CT molecular complexity index is 565. The number of rotatable bonds is 3. The van der Waals surface area contributed by atoms with Crippen LogP contribution in [0.5, 0.6) is 0 Å². The van der Waals surface area contributed by atoms with Gasteiger partial charge in [0.25, 0.3) is 0 Å². The van der Waals surface area contributed by atoms with Crippen molar-refractivity contribution in [2.75, 3.05) is 18.4 Å². The van der Waals surface area contributed by atoms with Crippen molar-refractivity contribution < 1.29 is 9.59 Å². The maximum absolute atomic E-state index is 12.7. The number of aromatic nitrogens is 1. The zero-order valence-electron chi connectivity index (χ0n) is 12.6. The first-order chi connectivity index (χ1) is 10.8. The van der Waals surface area contributed by atoms with Crippen LogP contribution in [0.2, 0.25) is 0 Å². The van der Waals surface area contributed by atoms with Gasteiger partial charge in [0.05, 0.1) is 11.8 Å². The molecule has 2 amide bonds. The van der Waals surface area contributed by atoms with Gasteiger partial charge in [0.1, 0.15) is 0 Å². The maximum atomic E-state index is 12.7. The molecule has 3 rings (SSSR count). The molecule has 1 saturated heterocycles. The SMILES string of the molecule is O=C(Nc1ccncc1)C1CC=CCC1C(=O)N1CCCC1. The number of carbonyl (C=O) groups is 2. The van der Waals surface area contributed by atoms with Crippen molar-refractivity contribution in [3.63, 3.8) is 0 Å². The number of carbonyl (C=O) groups excluding carboxylic acids is 2. The van der Waals surface area contributed by atoms with E-state index in [2.05, 4.69) is 10.3 Å². The zero-order chi connectivity index (χ0) is 15.4. The first-order valence-electron chi connectivity index (χ1n) is 7.90. The van der Waals surface area contributed by atoms with Crippen LogP contribution in [0.4, 0.5) is 5.69 Å². The highest BCUT2D eigenvalue weighted by molar-refractivity contribution is 5.96. The van der Waals surface area contributed by atoms with Gasteiger partial charge < -0.3 is 10.2 Å². The summed E-state index contributed by atoms with van der Waals surface area (Å²) in [5, 5.41) is 2.90. The van der Waals surface area contributed by atoms with Gasteiger partial charge in [-0.3, -0.25) is 14.6 Å². The highest BCUT2D eigenvalue weighted by Gasteiger charge is 2.36. The summed E-state index contributed by atoms with van der Waals surface area (Å²) >= 11 is 0. The van der Waals surface area contributed by atoms with Crippen LogP contribution in [0.15, 0.2) is 36.7 Å². The third-order valence-electron chi connectivity index (χ3n) is 4.45. The van der Waals surface area contributed by atoms with Crippen molar-refractivity contribution in [1.82, 2.24) is 9.88 Å². The molecule has 1 aliphatic carbocycles. The number of hydrogen-bond acceptors (Lipinski definition) is 3. The summed E-state index contributed by atoms with van der Waals surface area (Å²) < 4.78 is 0. The Kier molecular flexibility index (Phi) is 4.51. The number of nitrogens with zero attached hydrogens (tertiary/aromatic N) is 2. The minimum absolute atomic E-state index is 0.0758. The minimum Gasteiger partial charge on any atom is -0.342 e. The lowest BCUT2D eigenvalue weighted by Gasteiger charge is -2.30. The highest BCUT2D eigenvalue weighted by atomic mass is 16.2. The smallest absolute Gasteiger partial charge is 0.228 e. The number of hydrogen-bond donors (Lipinski definition) is 1. The quantitative estimate of drug-likeness (QED) is 0.871. The largest absolute Gasteiger partial charge is 0.342 e. The van der Waals surface area contributed by atoms with Gasteiger partial charge in [-0.25, -0.2) is 0 Å². The summed E-state index contributed by atoms with van der Waals surface area (Å²) in [4.78, 5) is 31.1. The van der Waals surface area contributed by atoms with Gasteiger partial charge in [0.15, 0.2) is 0 Å². The lowest BCUT2D eigenvalue weighted by atomic mass is 9.81. The molecule has 0 aromatic carbocycles. The van der Waals surface area contributed by atoms with Crippen molar-refractivity contribution in [2.45, 2.75) is 25.7 Å². The molecule has 1 N–H and O–H groups in total. The van der Waals surface area contributed by atoms with Crippen LogP contribution >= 0.6 is 0 Å². The molecule has 22 heavy (non-hydrogen) atoms. The van der Waals surface area contributed by atoms with E-state index in [1.54, 1.807) is 24.5 Å². The number of nitrogens with one attached hydrogen (secondary N) is 1. The summed E-state index contributed by atoms with van der Waals surface area (Å²) in [5.74, 6) is -0.457. The van der Waals surface area contributed by atoms with Crippen LogP contribution in [-0.2, 0) is 9.59 Å². The molecule has 2 aliphatic rings. The average Bonchev–Trinajstić information content (AvgIpc) is 3.09. The normalized spacial score (nSPS) is 24.3. The van der Waals surface area contributed by atoms with Crippen LogP contribution in [-0.4, -0.2) is 34.8 Å². The molecule has 2 heterocycles. The fourth-order valence-corrected chi connectivity index (χ4v) is 3.22. The van der Waals surface area contributed by atoms with E-state index in [-0.39, 0.29) is 23.7 Å². The molecule has 0 radical (unpaired) electrons. The molecule has 2 atom stereocenters. The van der Waals surface area contributed by atoms with E-state index >= 15 is 0 Å². The monoisotopic (exact) mass is 299 g/mol. The van der Waals surface area contributed by atoms with Gasteiger partial charge in [0, 0.05) is 31.2 Å². The van der Waals surface area contributed by atoms with Crippen molar-refractivity contribution in [3.8, 4) is 0 Å². The molecular formula is C17H21N3O2. The van der Waals surface area contributed by atoms with Crippen molar-refractivity contribution >= 4 is 17.5 Å². The van der Waals surface area contributed by atoms with Crippen LogP contribution in [0.1, 0.15) is 25.7 Å². The van der Waals surface area contributed by atoms with E-state index in [1.165, 1.54) is 0 Å². The maximum Gasteiger partial charge on any atom is 0.228 e. The van der Waals surface area contributed by atoms with Gasteiger partial charge in [0.2, 0.25) is 11.8 Å². The second-order valence-electron chi connectivity index (χ2n) is 5.91. The molecule has 0 bridgehead atoms. The van der Waals surface area contributed by atoms with E-state index in [0.717, 1.165) is 31.6 Å². The molecular weight excluding hydrogens is 278 g/mol. The van der Waals surface area contributed by atoms with E-state index in [0.29, 0.717) is 12.8 Å². The van der Waals surface area contributed by atoms with E-state index < -0.39 is 0 Å². The molecule has 116 valence electrons. The third kappa shape index (κ3) is 3.18. The average molecular weight is 299 g/mol. The zero-order valence-corrected chi connectivity index (χ0v) is 12.6. The Balaban J connectivity index is 1.70. The first-order valence-corrected chi connectivity index (χ1v) is 7.90.